The number of H-pyrrole nitrogens is 1. The Balaban J connectivity index is 2.74. The van der Waals surface area contributed by atoms with Gasteiger partial charge in [-0.2, -0.15) is 0 Å². The van der Waals surface area contributed by atoms with Crippen LogP contribution in [0.2, 0.25) is 5.02 Å². The van der Waals surface area contributed by atoms with E-state index in [2.05, 4.69) is 4.98 Å². The number of hydrogen-bond donors (Lipinski definition) is 1. The molecule has 5 nitrogen and oxygen atoms in total. The number of nitrogens with zero attached hydrogens (tertiary/aromatic N) is 1. The fourth-order valence-corrected chi connectivity index (χ4v) is 2.03. The van der Waals surface area contributed by atoms with Crippen LogP contribution in [0, 0.1) is 17.0 Å². The molecule has 6 heteroatoms. The zero-order valence-electron chi connectivity index (χ0n) is 9.44. The second-order valence-electron chi connectivity index (χ2n) is 3.80. The number of aromatic amines is 1. The number of benzene rings is 1. The minimum atomic E-state index is -0.512. The highest BCUT2D eigenvalue weighted by Crippen LogP contribution is 2.35. The summed E-state index contributed by atoms with van der Waals surface area (Å²) in [7, 11) is 0. The monoisotopic (exact) mass is 264 g/mol. The van der Waals surface area contributed by atoms with Gasteiger partial charge >= 0.3 is 0 Å². The van der Waals surface area contributed by atoms with Gasteiger partial charge in [-0.25, -0.2) is 0 Å². The average molecular weight is 265 g/mol. The quantitative estimate of drug-likeness (QED) is 0.525. The van der Waals surface area contributed by atoms with E-state index in [0.717, 1.165) is 5.56 Å². The molecule has 0 bridgehead atoms. The Morgan fingerprint density at radius 3 is 2.78 bits per heavy atom. The van der Waals surface area contributed by atoms with Gasteiger partial charge in [0.15, 0.2) is 6.29 Å². The van der Waals surface area contributed by atoms with Gasteiger partial charge in [-0.15, -0.1) is 0 Å². The average Bonchev–Trinajstić information content (AvgIpc) is 2.70. The third kappa shape index (κ3) is 2.00. The van der Waals surface area contributed by atoms with E-state index in [9.17, 15) is 14.9 Å². The fraction of sp³-hybridized carbons (Fsp3) is 0.0833. The Labute approximate surface area is 108 Å². The maximum Gasteiger partial charge on any atom is 0.278 e. The lowest BCUT2D eigenvalue weighted by Gasteiger charge is -2.04. The number of halogens is 1. The molecule has 2 aromatic rings. The van der Waals surface area contributed by atoms with E-state index in [4.69, 9.17) is 11.6 Å². The zero-order valence-corrected chi connectivity index (χ0v) is 10.2. The molecule has 0 saturated heterocycles. The van der Waals surface area contributed by atoms with Crippen molar-refractivity contribution in [1.29, 1.82) is 0 Å². The smallest absolute Gasteiger partial charge is 0.278 e. The molecule has 0 aliphatic rings. The first-order valence-corrected chi connectivity index (χ1v) is 5.50. The number of nitro groups is 1. The van der Waals surface area contributed by atoms with Crippen molar-refractivity contribution in [2.45, 2.75) is 6.92 Å². The molecule has 0 fully saturated rings. The highest BCUT2D eigenvalue weighted by atomic mass is 35.5. The molecule has 1 heterocycles. The number of nitrogens with one attached hydrogen (secondary N) is 1. The van der Waals surface area contributed by atoms with Gasteiger partial charge in [0.05, 0.1) is 16.2 Å². The summed E-state index contributed by atoms with van der Waals surface area (Å²) in [4.78, 5) is 24.2. The SMILES string of the molecule is Cc1c[nH]c(C=O)c1-c1ccc(Cl)cc1[N+](=O)[O-]. The summed E-state index contributed by atoms with van der Waals surface area (Å²) in [6.45, 7) is 1.77. The second kappa shape index (κ2) is 4.62. The molecule has 0 atom stereocenters. The normalized spacial score (nSPS) is 10.3. The van der Waals surface area contributed by atoms with Gasteiger partial charge in [0, 0.05) is 22.8 Å². The summed E-state index contributed by atoms with van der Waals surface area (Å²) >= 11 is 5.75. The number of rotatable bonds is 3. The Morgan fingerprint density at radius 1 is 1.44 bits per heavy atom. The highest BCUT2D eigenvalue weighted by molar-refractivity contribution is 6.31. The maximum absolute atomic E-state index is 11.0. The molecule has 0 radical (unpaired) electrons. The first-order chi connectivity index (χ1) is 8.54. The number of aryl methyl sites for hydroxylation is 1. The van der Waals surface area contributed by atoms with Crippen LogP contribution < -0.4 is 0 Å². The van der Waals surface area contributed by atoms with Crippen LogP contribution in [0.3, 0.4) is 0 Å². The predicted octanol–water partition coefficient (Wildman–Crippen LogP) is 3.36. The first kappa shape index (κ1) is 12.3. The van der Waals surface area contributed by atoms with Crippen LogP contribution in [0.15, 0.2) is 24.4 Å². The second-order valence-corrected chi connectivity index (χ2v) is 4.23. The number of hydrogen-bond acceptors (Lipinski definition) is 3. The number of carbonyl (C=O) groups excluding carboxylic acids is 1. The van der Waals surface area contributed by atoms with Crippen LogP contribution in [-0.4, -0.2) is 16.2 Å². The molecule has 1 N–H and O–H groups in total. The minimum Gasteiger partial charge on any atom is -0.358 e. The third-order valence-corrected chi connectivity index (χ3v) is 2.89. The summed E-state index contributed by atoms with van der Waals surface area (Å²) < 4.78 is 0. The molecule has 0 unspecified atom stereocenters. The molecule has 0 saturated carbocycles. The number of nitro benzene ring substituents is 1. The molecule has 0 amide bonds. The zero-order chi connectivity index (χ0) is 13.3. The number of carbonyl (C=O) groups is 1. The van der Waals surface area contributed by atoms with Crippen molar-refractivity contribution in [2.24, 2.45) is 0 Å². The van der Waals surface area contributed by atoms with Crippen molar-refractivity contribution in [3.63, 3.8) is 0 Å². The Kier molecular flexibility index (Phi) is 3.16. The number of aromatic nitrogens is 1. The topological polar surface area (TPSA) is 76.0 Å². The molecule has 2 rings (SSSR count). The Bertz CT molecular complexity index is 634. The van der Waals surface area contributed by atoms with E-state index < -0.39 is 4.92 Å². The van der Waals surface area contributed by atoms with Gasteiger partial charge in [0.1, 0.15) is 0 Å². The summed E-state index contributed by atoms with van der Waals surface area (Å²) in [5.74, 6) is 0. The van der Waals surface area contributed by atoms with Crippen LogP contribution in [0.5, 0.6) is 0 Å². The highest BCUT2D eigenvalue weighted by Gasteiger charge is 2.20. The van der Waals surface area contributed by atoms with Crippen LogP contribution >= 0.6 is 11.6 Å². The van der Waals surface area contributed by atoms with Gasteiger partial charge in [0.2, 0.25) is 0 Å². The van der Waals surface area contributed by atoms with Crippen LogP contribution in [0.25, 0.3) is 11.1 Å². The molecule has 1 aromatic carbocycles. The lowest BCUT2D eigenvalue weighted by molar-refractivity contribution is -0.384. The number of aldehydes is 1. The van der Waals surface area contributed by atoms with Gasteiger partial charge in [-0.3, -0.25) is 14.9 Å². The van der Waals surface area contributed by atoms with Crippen LogP contribution in [-0.2, 0) is 0 Å². The van der Waals surface area contributed by atoms with Crippen molar-refractivity contribution in [3.8, 4) is 11.1 Å². The summed E-state index contributed by atoms with van der Waals surface area (Å²) in [5.41, 5.74) is 1.88. The minimum absolute atomic E-state index is 0.117. The first-order valence-electron chi connectivity index (χ1n) is 5.12. The maximum atomic E-state index is 11.0. The third-order valence-electron chi connectivity index (χ3n) is 2.65. The fourth-order valence-electron chi connectivity index (χ4n) is 1.86. The molecule has 0 spiro atoms. The largest absolute Gasteiger partial charge is 0.358 e. The van der Waals surface area contributed by atoms with Gasteiger partial charge in [0.25, 0.3) is 5.69 Å². The molecule has 0 aliphatic heterocycles. The predicted molar refractivity (Wildman–Crippen MR) is 68.0 cm³/mol. The molecular weight excluding hydrogens is 256 g/mol. The van der Waals surface area contributed by atoms with Crippen molar-refractivity contribution < 1.29 is 9.72 Å². The Morgan fingerprint density at radius 2 is 2.17 bits per heavy atom. The lowest BCUT2D eigenvalue weighted by atomic mass is 10.0. The summed E-state index contributed by atoms with van der Waals surface area (Å²) in [6, 6.07) is 4.38. The molecule has 18 heavy (non-hydrogen) atoms. The molecule has 92 valence electrons. The van der Waals surface area contributed by atoms with Gasteiger partial charge in [-0.05, 0) is 24.6 Å². The van der Waals surface area contributed by atoms with Crippen molar-refractivity contribution in [3.05, 3.63) is 50.8 Å². The van der Waals surface area contributed by atoms with E-state index in [1.54, 1.807) is 25.3 Å². The summed E-state index contributed by atoms with van der Waals surface area (Å²) in [6.07, 6.45) is 2.28. The summed E-state index contributed by atoms with van der Waals surface area (Å²) in [5, 5.41) is 11.3. The van der Waals surface area contributed by atoms with E-state index in [0.29, 0.717) is 23.1 Å². The van der Waals surface area contributed by atoms with E-state index in [-0.39, 0.29) is 10.7 Å². The van der Waals surface area contributed by atoms with Gasteiger partial charge in [-0.1, -0.05) is 11.6 Å². The van der Waals surface area contributed by atoms with Crippen molar-refractivity contribution in [1.82, 2.24) is 4.98 Å². The van der Waals surface area contributed by atoms with Gasteiger partial charge < -0.3 is 4.98 Å². The van der Waals surface area contributed by atoms with Crippen molar-refractivity contribution in [2.75, 3.05) is 0 Å². The molecular formula is C12H9ClN2O3. The van der Waals surface area contributed by atoms with E-state index in [1.165, 1.54) is 6.07 Å². The van der Waals surface area contributed by atoms with E-state index >= 15 is 0 Å². The van der Waals surface area contributed by atoms with Crippen LogP contribution in [0.1, 0.15) is 16.1 Å². The Hall–Kier alpha value is -2.14. The lowest BCUT2D eigenvalue weighted by Crippen LogP contribution is -1.94. The molecule has 0 aliphatic carbocycles. The van der Waals surface area contributed by atoms with E-state index in [1.807, 2.05) is 0 Å². The van der Waals surface area contributed by atoms with Crippen LogP contribution in [0.4, 0.5) is 5.69 Å². The standard InChI is InChI=1S/C12H9ClN2O3/c1-7-5-14-10(6-16)12(7)9-3-2-8(13)4-11(9)15(17)18/h2-6,14H,1H3. The van der Waals surface area contributed by atoms with Crippen molar-refractivity contribution >= 4 is 23.6 Å². The molecule has 1 aromatic heterocycles.